The van der Waals surface area contributed by atoms with Gasteiger partial charge in [0.15, 0.2) is 0 Å². The first-order chi connectivity index (χ1) is 18.6. The molecule has 3 aromatic rings. The van der Waals surface area contributed by atoms with E-state index in [1.165, 1.54) is 29.2 Å². The van der Waals surface area contributed by atoms with Gasteiger partial charge < -0.3 is 19.5 Å². The van der Waals surface area contributed by atoms with E-state index in [1.807, 2.05) is 29.9 Å². The molecule has 39 heavy (non-hydrogen) atoms. The van der Waals surface area contributed by atoms with Gasteiger partial charge >= 0.3 is 12.2 Å². The normalized spacial score (nSPS) is 15.3. The van der Waals surface area contributed by atoms with E-state index in [9.17, 15) is 27.2 Å². The molecule has 0 aliphatic carbocycles. The number of ether oxygens (including phenoxy) is 1. The fourth-order valence-corrected chi connectivity index (χ4v) is 4.24. The smallest absolute Gasteiger partial charge is 0.383 e. The van der Waals surface area contributed by atoms with Crippen LogP contribution in [0.5, 0.6) is 0 Å². The first-order valence-electron chi connectivity index (χ1n) is 12.1. The summed E-state index contributed by atoms with van der Waals surface area (Å²) in [6.45, 7) is -0.220. The third-order valence-electron chi connectivity index (χ3n) is 6.30. The molecule has 3 amide bonds. The SMILES string of the molecule is COCCN(CC(=O)N1N=C(c2cccn2C)CC1c1ccc(F)cc1)C(=O)Nc1ccc(C(F)(F)F)cc1. The minimum Gasteiger partial charge on any atom is -0.383 e. The average molecular weight is 546 g/mol. The van der Waals surface area contributed by atoms with Gasteiger partial charge in [-0.05, 0) is 54.1 Å². The van der Waals surface area contributed by atoms with Crippen LogP contribution in [-0.2, 0) is 22.8 Å². The number of nitrogens with one attached hydrogen (secondary N) is 1. The zero-order valence-electron chi connectivity index (χ0n) is 21.3. The average Bonchev–Trinajstić information content (AvgIpc) is 3.53. The van der Waals surface area contributed by atoms with Gasteiger partial charge in [0.25, 0.3) is 5.91 Å². The van der Waals surface area contributed by atoms with E-state index >= 15 is 0 Å². The standard InChI is InChI=1S/C27H27F4N5O3/c1-34-13-3-4-23(34)22-16-24(18-5-9-20(28)10-6-18)36(33-22)25(37)17-35(14-15-39-2)26(38)32-21-11-7-19(8-12-21)27(29,30)31/h3-13,24H,14-17H2,1-2H3,(H,32,38). The molecule has 8 nitrogen and oxygen atoms in total. The third-order valence-corrected chi connectivity index (χ3v) is 6.30. The van der Waals surface area contributed by atoms with Crippen LogP contribution in [0.25, 0.3) is 0 Å². The van der Waals surface area contributed by atoms with Crippen molar-refractivity contribution in [3.63, 3.8) is 0 Å². The van der Waals surface area contributed by atoms with Crippen LogP contribution in [-0.4, -0.2) is 58.9 Å². The number of hydrogen-bond acceptors (Lipinski definition) is 4. The lowest BCUT2D eigenvalue weighted by atomic mass is 10.0. The number of hydrogen-bond donors (Lipinski definition) is 1. The number of rotatable bonds is 8. The molecule has 1 unspecified atom stereocenters. The summed E-state index contributed by atoms with van der Waals surface area (Å²) < 4.78 is 59.2. The van der Waals surface area contributed by atoms with Crippen molar-refractivity contribution in [3.8, 4) is 0 Å². The van der Waals surface area contributed by atoms with Gasteiger partial charge in [0.2, 0.25) is 0 Å². The van der Waals surface area contributed by atoms with Crippen molar-refractivity contribution in [3.05, 3.63) is 89.5 Å². The highest BCUT2D eigenvalue weighted by atomic mass is 19.4. The largest absolute Gasteiger partial charge is 0.416 e. The number of hydrazone groups is 1. The van der Waals surface area contributed by atoms with Crippen molar-refractivity contribution in [1.82, 2.24) is 14.5 Å². The van der Waals surface area contributed by atoms with Gasteiger partial charge in [-0.3, -0.25) is 4.79 Å². The number of anilines is 1. The van der Waals surface area contributed by atoms with Crippen molar-refractivity contribution in [1.29, 1.82) is 0 Å². The maximum Gasteiger partial charge on any atom is 0.416 e. The number of methoxy groups -OCH3 is 1. The molecule has 4 rings (SSSR count). The van der Waals surface area contributed by atoms with E-state index in [-0.39, 0.29) is 25.4 Å². The van der Waals surface area contributed by atoms with E-state index in [4.69, 9.17) is 4.74 Å². The lowest BCUT2D eigenvalue weighted by Gasteiger charge is -2.27. The highest BCUT2D eigenvalue weighted by Crippen LogP contribution is 2.33. The lowest BCUT2D eigenvalue weighted by molar-refractivity contribution is -0.137. The van der Waals surface area contributed by atoms with E-state index in [1.54, 1.807) is 12.1 Å². The van der Waals surface area contributed by atoms with Crippen LogP contribution in [0, 0.1) is 5.82 Å². The monoisotopic (exact) mass is 545 g/mol. The molecule has 0 radical (unpaired) electrons. The van der Waals surface area contributed by atoms with Gasteiger partial charge in [0.05, 0.1) is 29.6 Å². The minimum absolute atomic E-state index is 0.0398. The molecule has 1 aliphatic rings. The van der Waals surface area contributed by atoms with Crippen LogP contribution in [0.1, 0.15) is 29.3 Å². The fraction of sp³-hybridized carbons (Fsp3) is 0.296. The molecule has 1 N–H and O–H groups in total. The second-order valence-corrected chi connectivity index (χ2v) is 8.98. The quantitative estimate of drug-likeness (QED) is 0.403. The maximum absolute atomic E-state index is 13.6. The van der Waals surface area contributed by atoms with Crippen molar-refractivity contribution in [2.45, 2.75) is 18.6 Å². The Labute approximate surface area is 222 Å². The molecule has 2 aromatic carbocycles. The number of carbonyl (C=O) groups is 2. The number of halogens is 4. The highest BCUT2D eigenvalue weighted by Gasteiger charge is 2.35. The molecule has 1 aromatic heterocycles. The number of aryl methyl sites for hydroxylation is 1. The number of amides is 3. The Morgan fingerprint density at radius 2 is 1.79 bits per heavy atom. The van der Waals surface area contributed by atoms with E-state index in [2.05, 4.69) is 10.4 Å². The van der Waals surface area contributed by atoms with Crippen molar-refractivity contribution in [2.75, 3.05) is 32.1 Å². The van der Waals surface area contributed by atoms with Gasteiger partial charge in [0.1, 0.15) is 12.4 Å². The van der Waals surface area contributed by atoms with Crippen molar-refractivity contribution >= 4 is 23.3 Å². The molecule has 12 heteroatoms. The molecule has 206 valence electrons. The minimum atomic E-state index is -4.50. The van der Waals surface area contributed by atoms with Crippen LogP contribution in [0.2, 0.25) is 0 Å². The van der Waals surface area contributed by atoms with Crippen LogP contribution < -0.4 is 5.32 Å². The molecular weight excluding hydrogens is 518 g/mol. The van der Waals surface area contributed by atoms with Crippen LogP contribution in [0.4, 0.5) is 28.0 Å². The molecule has 0 fully saturated rings. The zero-order valence-corrected chi connectivity index (χ0v) is 21.3. The topological polar surface area (TPSA) is 79.2 Å². The Balaban J connectivity index is 1.55. The summed E-state index contributed by atoms with van der Waals surface area (Å²) in [6, 6.07) is 12.3. The summed E-state index contributed by atoms with van der Waals surface area (Å²) in [5.74, 6) is -0.906. The number of benzene rings is 2. The Morgan fingerprint density at radius 1 is 1.10 bits per heavy atom. The lowest BCUT2D eigenvalue weighted by Crippen LogP contribution is -2.44. The third kappa shape index (κ3) is 6.63. The number of nitrogens with zero attached hydrogens (tertiary/aromatic N) is 4. The van der Waals surface area contributed by atoms with Crippen molar-refractivity contribution < 1.29 is 31.9 Å². The van der Waals surface area contributed by atoms with Gasteiger partial charge in [-0.2, -0.15) is 18.3 Å². The summed E-state index contributed by atoms with van der Waals surface area (Å²) in [4.78, 5) is 27.7. The van der Waals surface area contributed by atoms with E-state index in [0.29, 0.717) is 17.7 Å². The van der Waals surface area contributed by atoms with Crippen LogP contribution in [0.15, 0.2) is 72.0 Å². The summed E-state index contributed by atoms with van der Waals surface area (Å²) in [6.07, 6.45) is -2.27. The highest BCUT2D eigenvalue weighted by molar-refractivity contribution is 6.02. The van der Waals surface area contributed by atoms with Crippen LogP contribution in [0.3, 0.4) is 0 Å². The van der Waals surface area contributed by atoms with Crippen LogP contribution >= 0.6 is 0 Å². The second-order valence-electron chi connectivity index (χ2n) is 8.98. The first kappa shape index (κ1) is 27.8. The number of urea groups is 1. The summed E-state index contributed by atoms with van der Waals surface area (Å²) in [5.41, 5.74) is 1.43. The zero-order chi connectivity index (χ0) is 28.2. The van der Waals surface area contributed by atoms with E-state index < -0.39 is 35.5 Å². The molecule has 0 saturated heterocycles. The van der Waals surface area contributed by atoms with E-state index in [0.717, 1.165) is 30.0 Å². The second kappa shape index (κ2) is 11.7. The molecule has 2 heterocycles. The van der Waals surface area contributed by atoms with Gasteiger partial charge in [-0.25, -0.2) is 14.2 Å². The Hall–Kier alpha value is -4.19. The molecule has 0 saturated carbocycles. The predicted octanol–water partition coefficient (Wildman–Crippen LogP) is 5.04. The molecule has 0 bridgehead atoms. The molecule has 0 spiro atoms. The summed E-state index contributed by atoms with van der Waals surface area (Å²) in [5, 5.41) is 8.39. The molecule has 1 aliphatic heterocycles. The predicted molar refractivity (Wildman–Crippen MR) is 136 cm³/mol. The number of alkyl halides is 3. The summed E-state index contributed by atoms with van der Waals surface area (Å²) >= 11 is 0. The number of carbonyl (C=O) groups excluding carboxylic acids is 2. The number of aromatic nitrogens is 1. The molecular formula is C27H27F4N5O3. The molecule has 1 atom stereocenters. The Kier molecular flexibility index (Phi) is 8.34. The first-order valence-corrected chi connectivity index (χ1v) is 12.1. The van der Waals surface area contributed by atoms with Gasteiger partial charge in [0, 0.05) is 39.0 Å². The van der Waals surface area contributed by atoms with Gasteiger partial charge in [-0.15, -0.1) is 0 Å². The fourth-order valence-electron chi connectivity index (χ4n) is 4.24. The summed E-state index contributed by atoms with van der Waals surface area (Å²) in [7, 11) is 3.29. The Morgan fingerprint density at radius 3 is 2.38 bits per heavy atom. The Bertz CT molecular complexity index is 1340. The van der Waals surface area contributed by atoms with Crippen molar-refractivity contribution in [2.24, 2.45) is 12.1 Å². The maximum atomic E-state index is 13.6. The van der Waals surface area contributed by atoms with Gasteiger partial charge in [-0.1, -0.05) is 12.1 Å².